The van der Waals surface area contributed by atoms with E-state index in [4.69, 9.17) is 0 Å². The second-order valence-corrected chi connectivity index (χ2v) is 9.29. The fourth-order valence-corrected chi connectivity index (χ4v) is 5.57. The fourth-order valence-electron chi connectivity index (χ4n) is 4.49. The number of fused-ring (bicyclic) bond motifs is 1. The van der Waals surface area contributed by atoms with Gasteiger partial charge in [0.1, 0.15) is 7.05 Å². The molecule has 3 heteroatoms. The average Bonchev–Trinajstić information content (AvgIpc) is 3.12. The first kappa shape index (κ1) is 20.5. The van der Waals surface area contributed by atoms with E-state index in [0.717, 1.165) is 6.54 Å². The maximum atomic E-state index is 2.40. The second-order valence-electron chi connectivity index (χ2n) is 8.06. The number of aryl methyl sites for hydroxylation is 1. The topological polar surface area (TPSA) is 7.12 Å². The zero-order valence-corrected chi connectivity index (χ0v) is 19.6. The maximum Gasteiger partial charge on any atom is 0.264 e. The summed E-state index contributed by atoms with van der Waals surface area (Å²) in [6.07, 6.45) is 6.81. The van der Waals surface area contributed by atoms with E-state index in [1.54, 1.807) is 0 Å². The van der Waals surface area contributed by atoms with E-state index in [-0.39, 0.29) is 0 Å². The lowest BCUT2D eigenvalue weighted by molar-refractivity contribution is -0.657. The Labute approximate surface area is 194 Å². The predicted octanol–water partition coefficient (Wildman–Crippen LogP) is 7.11. The van der Waals surface area contributed by atoms with Crippen LogP contribution in [-0.2, 0) is 7.05 Å². The molecule has 1 aliphatic heterocycles. The van der Waals surface area contributed by atoms with Gasteiger partial charge in [-0.15, -0.1) is 0 Å². The normalized spacial score (nSPS) is 14.1. The minimum Gasteiger partial charge on any atom is -0.341 e. The summed E-state index contributed by atoms with van der Waals surface area (Å²) >= 11 is 1.85. The van der Waals surface area contributed by atoms with E-state index in [1.165, 1.54) is 49.2 Å². The van der Waals surface area contributed by atoms with Crippen molar-refractivity contribution in [1.29, 1.82) is 0 Å². The molecule has 0 N–H and O–H groups in total. The van der Waals surface area contributed by atoms with Gasteiger partial charge in [0.05, 0.1) is 4.88 Å². The quantitative estimate of drug-likeness (QED) is 0.310. The third kappa shape index (κ3) is 3.69. The van der Waals surface area contributed by atoms with Crippen LogP contribution in [0.2, 0.25) is 0 Å². The monoisotopic (exact) mass is 435 g/mol. The molecule has 3 aromatic carbocycles. The summed E-state index contributed by atoms with van der Waals surface area (Å²) in [5, 5.41) is 1.25. The molecule has 2 heterocycles. The SMILES string of the molecule is CCN1C(=Cc2sc(C)c(-c3ccccc3)[n+]2C)C=Cc2cc(-c3ccccc3)ccc21. The van der Waals surface area contributed by atoms with Gasteiger partial charge < -0.3 is 4.90 Å². The molecule has 32 heavy (non-hydrogen) atoms. The van der Waals surface area contributed by atoms with E-state index in [9.17, 15) is 0 Å². The highest BCUT2D eigenvalue weighted by Crippen LogP contribution is 2.35. The molecule has 0 spiro atoms. The number of rotatable bonds is 4. The van der Waals surface area contributed by atoms with Crippen LogP contribution in [-0.4, -0.2) is 6.54 Å². The van der Waals surface area contributed by atoms with Gasteiger partial charge >= 0.3 is 0 Å². The number of allylic oxidation sites excluding steroid dienone is 1. The number of aromatic nitrogens is 1. The Bertz CT molecular complexity index is 1310. The van der Waals surface area contributed by atoms with E-state index < -0.39 is 0 Å². The molecule has 0 atom stereocenters. The minimum absolute atomic E-state index is 0.924. The highest BCUT2D eigenvalue weighted by atomic mass is 32.1. The Morgan fingerprint density at radius 2 is 1.53 bits per heavy atom. The lowest BCUT2D eigenvalue weighted by atomic mass is 9.98. The Hall–Kier alpha value is -3.43. The smallest absolute Gasteiger partial charge is 0.264 e. The van der Waals surface area contributed by atoms with Crippen molar-refractivity contribution in [3.05, 3.63) is 106 Å². The van der Waals surface area contributed by atoms with Crippen molar-refractivity contribution in [1.82, 2.24) is 0 Å². The lowest BCUT2D eigenvalue weighted by Crippen LogP contribution is -2.32. The molecular formula is C29H27N2S+. The van der Waals surface area contributed by atoms with Crippen LogP contribution >= 0.6 is 11.3 Å². The average molecular weight is 436 g/mol. The summed E-state index contributed by atoms with van der Waals surface area (Å²) in [7, 11) is 2.17. The maximum absolute atomic E-state index is 2.40. The van der Waals surface area contributed by atoms with Crippen LogP contribution < -0.4 is 9.47 Å². The van der Waals surface area contributed by atoms with E-state index >= 15 is 0 Å². The van der Waals surface area contributed by atoms with Crippen LogP contribution in [0.5, 0.6) is 0 Å². The van der Waals surface area contributed by atoms with Crippen molar-refractivity contribution in [2.24, 2.45) is 7.05 Å². The van der Waals surface area contributed by atoms with Crippen LogP contribution in [0.4, 0.5) is 5.69 Å². The fraction of sp³-hybridized carbons (Fsp3) is 0.138. The summed E-state index contributed by atoms with van der Waals surface area (Å²) in [6, 6.07) is 28.0. The molecule has 5 rings (SSSR count). The van der Waals surface area contributed by atoms with Crippen molar-refractivity contribution in [3.63, 3.8) is 0 Å². The van der Waals surface area contributed by atoms with Crippen LogP contribution in [0, 0.1) is 6.92 Å². The Morgan fingerprint density at radius 3 is 2.22 bits per heavy atom. The Kier molecular flexibility index (Phi) is 5.50. The van der Waals surface area contributed by atoms with Crippen molar-refractivity contribution >= 4 is 29.2 Å². The summed E-state index contributed by atoms with van der Waals surface area (Å²) in [5.41, 5.74) is 8.82. The molecule has 0 amide bonds. The number of anilines is 1. The Morgan fingerprint density at radius 1 is 0.844 bits per heavy atom. The molecule has 0 fully saturated rings. The molecule has 1 aliphatic rings. The minimum atomic E-state index is 0.924. The van der Waals surface area contributed by atoms with Crippen LogP contribution in [0.3, 0.4) is 0 Å². The molecular weight excluding hydrogens is 408 g/mol. The highest BCUT2D eigenvalue weighted by Gasteiger charge is 2.23. The van der Waals surface area contributed by atoms with Gasteiger partial charge in [-0.25, -0.2) is 0 Å². The second kappa shape index (κ2) is 8.60. The standard InChI is InChI=1S/C29H27N2S/c1-4-31-26(20-28-30(3)29(21(2)32-28)23-13-9-6-10-14-23)17-15-25-19-24(16-18-27(25)31)22-11-7-5-8-12-22/h5-20H,4H2,1-3H3/q+1. The van der Waals surface area contributed by atoms with Crippen LogP contribution in [0.25, 0.3) is 34.5 Å². The first-order valence-electron chi connectivity index (χ1n) is 11.1. The van der Waals surface area contributed by atoms with Gasteiger partial charge in [0.25, 0.3) is 5.01 Å². The van der Waals surface area contributed by atoms with E-state index in [2.05, 4.69) is 127 Å². The van der Waals surface area contributed by atoms with Crippen molar-refractivity contribution in [2.75, 3.05) is 11.4 Å². The van der Waals surface area contributed by atoms with Crippen LogP contribution in [0.1, 0.15) is 22.4 Å². The van der Waals surface area contributed by atoms with Gasteiger partial charge in [-0.1, -0.05) is 72.0 Å². The van der Waals surface area contributed by atoms with Crippen LogP contribution in [0.15, 0.2) is 90.6 Å². The molecule has 1 aromatic heterocycles. The third-order valence-corrected chi connectivity index (χ3v) is 7.16. The first-order valence-corrected chi connectivity index (χ1v) is 11.9. The summed E-state index contributed by atoms with van der Waals surface area (Å²) < 4.78 is 2.32. The number of thiazole rings is 1. The zero-order valence-electron chi connectivity index (χ0n) is 18.7. The molecule has 0 saturated heterocycles. The molecule has 158 valence electrons. The first-order chi connectivity index (χ1) is 15.7. The third-order valence-electron chi connectivity index (χ3n) is 6.06. The summed E-state index contributed by atoms with van der Waals surface area (Å²) in [5.74, 6) is 0. The van der Waals surface area contributed by atoms with Crippen molar-refractivity contribution in [2.45, 2.75) is 13.8 Å². The predicted molar refractivity (Wildman–Crippen MR) is 138 cm³/mol. The molecule has 0 unspecified atom stereocenters. The van der Waals surface area contributed by atoms with Gasteiger partial charge in [-0.2, -0.15) is 4.57 Å². The largest absolute Gasteiger partial charge is 0.341 e. The van der Waals surface area contributed by atoms with Gasteiger partial charge in [0.15, 0.2) is 0 Å². The van der Waals surface area contributed by atoms with E-state index in [0.29, 0.717) is 0 Å². The summed E-state index contributed by atoms with van der Waals surface area (Å²) in [4.78, 5) is 3.74. The summed E-state index contributed by atoms with van der Waals surface area (Å²) in [6.45, 7) is 5.36. The highest BCUT2D eigenvalue weighted by molar-refractivity contribution is 7.12. The number of hydrogen-bond acceptors (Lipinski definition) is 2. The van der Waals surface area contributed by atoms with Gasteiger partial charge in [0, 0.05) is 29.6 Å². The Balaban J connectivity index is 1.53. The number of hydrogen-bond donors (Lipinski definition) is 0. The van der Waals surface area contributed by atoms with E-state index in [1.807, 2.05) is 11.3 Å². The number of nitrogens with zero attached hydrogens (tertiary/aromatic N) is 2. The van der Waals surface area contributed by atoms with Gasteiger partial charge in [0.2, 0.25) is 5.69 Å². The molecule has 0 radical (unpaired) electrons. The number of likely N-dealkylation sites (N-methyl/N-ethyl adjacent to an activating group) is 1. The molecule has 2 nitrogen and oxygen atoms in total. The van der Waals surface area contributed by atoms with Crippen molar-refractivity contribution < 1.29 is 4.57 Å². The van der Waals surface area contributed by atoms with Crippen molar-refractivity contribution in [3.8, 4) is 22.4 Å². The van der Waals surface area contributed by atoms with Gasteiger partial charge in [-0.3, -0.25) is 0 Å². The molecule has 4 aromatic rings. The lowest BCUT2D eigenvalue weighted by Gasteiger charge is -2.29. The zero-order chi connectivity index (χ0) is 22.1. The number of benzene rings is 3. The molecule has 0 saturated carbocycles. The van der Waals surface area contributed by atoms with Gasteiger partial charge in [-0.05, 0) is 60.9 Å². The molecule has 0 bridgehead atoms. The molecule has 0 aliphatic carbocycles.